The van der Waals surface area contributed by atoms with Crippen molar-refractivity contribution in [2.24, 2.45) is 11.8 Å². The van der Waals surface area contributed by atoms with Crippen molar-refractivity contribution < 1.29 is 0 Å². The second kappa shape index (κ2) is 7.63. The molecule has 1 heterocycles. The number of hydrogen-bond acceptors (Lipinski definition) is 3. The molecule has 0 aliphatic heterocycles. The molecule has 108 valence electrons. The minimum Gasteiger partial charge on any atom is -0.317 e. The summed E-state index contributed by atoms with van der Waals surface area (Å²) >= 11 is 0. The third kappa shape index (κ3) is 4.03. The highest BCUT2D eigenvalue weighted by molar-refractivity contribution is 4.91. The molecule has 2 atom stereocenters. The fourth-order valence-electron chi connectivity index (χ4n) is 3.23. The zero-order valence-corrected chi connectivity index (χ0v) is 12.4. The van der Waals surface area contributed by atoms with Crippen LogP contribution in [-0.2, 0) is 13.0 Å². The van der Waals surface area contributed by atoms with Crippen molar-refractivity contribution in [1.29, 1.82) is 0 Å². The van der Waals surface area contributed by atoms with Crippen molar-refractivity contribution in [2.45, 2.75) is 58.9 Å². The summed E-state index contributed by atoms with van der Waals surface area (Å²) in [7, 11) is 0. The summed E-state index contributed by atoms with van der Waals surface area (Å²) in [6.07, 6.45) is 9.46. The fourth-order valence-corrected chi connectivity index (χ4v) is 3.23. The Balaban J connectivity index is 1.96. The van der Waals surface area contributed by atoms with Crippen molar-refractivity contribution >= 4 is 0 Å². The quantitative estimate of drug-likeness (QED) is 0.823. The van der Waals surface area contributed by atoms with Gasteiger partial charge in [-0.1, -0.05) is 26.7 Å². The van der Waals surface area contributed by atoms with E-state index in [0.29, 0.717) is 0 Å². The highest BCUT2D eigenvalue weighted by Gasteiger charge is 2.26. The SMILES string of the molecule is CCCn1ncnc1CC1CCCCC1CNCC. The molecule has 0 radical (unpaired) electrons. The van der Waals surface area contributed by atoms with E-state index >= 15 is 0 Å². The summed E-state index contributed by atoms with van der Waals surface area (Å²) in [6.45, 7) is 7.63. The van der Waals surface area contributed by atoms with Gasteiger partial charge in [-0.05, 0) is 44.2 Å². The molecule has 0 saturated heterocycles. The lowest BCUT2D eigenvalue weighted by atomic mass is 9.77. The Morgan fingerprint density at radius 2 is 2.05 bits per heavy atom. The molecule has 1 aromatic rings. The Kier molecular flexibility index (Phi) is 5.83. The molecule has 1 saturated carbocycles. The third-order valence-corrected chi connectivity index (χ3v) is 4.30. The van der Waals surface area contributed by atoms with Crippen LogP contribution in [0.15, 0.2) is 6.33 Å². The van der Waals surface area contributed by atoms with E-state index in [4.69, 9.17) is 0 Å². The van der Waals surface area contributed by atoms with E-state index < -0.39 is 0 Å². The van der Waals surface area contributed by atoms with E-state index in [1.807, 2.05) is 0 Å². The van der Waals surface area contributed by atoms with E-state index in [-0.39, 0.29) is 0 Å². The predicted molar refractivity (Wildman–Crippen MR) is 78.0 cm³/mol. The summed E-state index contributed by atoms with van der Waals surface area (Å²) in [5.74, 6) is 2.79. The van der Waals surface area contributed by atoms with Gasteiger partial charge < -0.3 is 5.32 Å². The highest BCUT2D eigenvalue weighted by Crippen LogP contribution is 2.31. The van der Waals surface area contributed by atoms with Crippen LogP contribution in [0, 0.1) is 11.8 Å². The van der Waals surface area contributed by atoms with Gasteiger partial charge in [0.25, 0.3) is 0 Å². The Bertz CT molecular complexity index is 361. The molecule has 1 aliphatic rings. The van der Waals surface area contributed by atoms with E-state index in [1.165, 1.54) is 38.1 Å². The van der Waals surface area contributed by atoms with Crippen LogP contribution in [0.25, 0.3) is 0 Å². The second-order valence-corrected chi connectivity index (χ2v) is 5.72. The molecule has 1 fully saturated rings. The Hall–Kier alpha value is -0.900. The number of nitrogens with zero attached hydrogens (tertiary/aromatic N) is 3. The molecule has 4 nitrogen and oxygen atoms in total. The first-order chi connectivity index (χ1) is 9.35. The first-order valence-corrected chi connectivity index (χ1v) is 7.92. The maximum Gasteiger partial charge on any atom is 0.138 e. The van der Waals surface area contributed by atoms with Crippen LogP contribution in [-0.4, -0.2) is 27.9 Å². The Morgan fingerprint density at radius 3 is 2.79 bits per heavy atom. The molecular formula is C15H28N4. The Labute approximate surface area is 117 Å². The summed E-state index contributed by atoms with van der Waals surface area (Å²) in [6, 6.07) is 0. The van der Waals surface area contributed by atoms with Gasteiger partial charge in [0.15, 0.2) is 0 Å². The topological polar surface area (TPSA) is 42.7 Å². The molecule has 4 heteroatoms. The molecule has 0 spiro atoms. The summed E-state index contributed by atoms with van der Waals surface area (Å²) in [5, 5.41) is 7.87. The van der Waals surface area contributed by atoms with Gasteiger partial charge in [-0.25, -0.2) is 4.98 Å². The standard InChI is InChI=1S/C15H28N4/c1-3-9-19-15(17-12-18-19)10-13-7-5-6-8-14(13)11-16-4-2/h12-14,16H,3-11H2,1-2H3. The molecule has 0 bridgehead atoms. The van der Waals surface area contributed by atoms with Crippen LogP contribution in [0.5, 0.6) is 0 Å². The minimum absolute atomic E-state index is 0.785. The van der Waals surface area contributed by atoms with Gasteiger partial charge in [0, 0.05) is 13.0 Å². The molecular weight excluding hydrogens is 236 g/mol. The Morgan fingerprint density at radius 1 is 1.26 bits per heavy atom. The zero-order valence-electron chi connectivity index (χ0n) is 12.4. The van der Waals surface area contributed by atoms with Crippen LogP contribution in [0.2, 0.25) is 0 Å². The maximum atomic E-state index is 4.48. The largest absolute Gasteiger partial charge is 0.317 e. The number of aromatic nitrogens is 3. The molecule has 1 N–H and O–H groups in total. The van der Waals surface area contributed by atoms with Crippen LogP contribution < -0.4 is 5.32 Å². The maximum absolute atomic E-state index is 4.48. The number of nitrogens with one attached hydrogen (secondary N) is 1. The zero-order chi connectivity index (χ0) is 13.5. The highest BCUT2D eigenvalue weighted by atomic mass is 15.3. The van der Waals surface area contributed by atoms with Gasteiger partial charge in [0.05, 0.1) is 0 Å². The van der Waals surface area contributed by atoms with E-state index in [9.17, 15) is 0 Å². The van der Waals surface area contributed by atoms with Gasteiger partial charge in [-0.15, -0.1) is 0 Å². The lowest BCUT2D eigenvalue weighted by Gasteiger charge is -2.31. The van der Waals surface area contributed by atoms with Gasteiger partial charge in [-0.2, -0.15) is 5.10 Å². The van der Waals surface area contributed by atoms with Gasteiger partial charge >= 0.3 is 0 Å². The smallest absolute Gasteiger partial charge is 0.138 e. The molecule has 2 rings (SSSR count). The third-order valence-electron chi connectivity index (χ3n) is 4.30. The fraction of sp³-hybridized carbons (Fsp3) is 0.867. The lowest BCUT2D eigenvalue weighted by Crippen LogP contribution is -2.32. The molecule has 0 aromatic carbocycles. The van der Waals surface area contributed by atoms with Crippen LogP contribution in [0.3, 0.4) is 0 Å². The van der Waals surface area contributed by atoms with Crippen molar-refractivity contribution in [2.75, 3.05) is 13.1 Å². The van der Waals surface area contributed by atoms with Gasteiger partial charge in [0.2, 0.25) is 0 Å². The van der Waals surface area contributed by atoms with Crippen molar-refractivity contribution in [3.05, 3.63) is 12.2 Å². The van der Waals surface area contributed by atoms with Crippen LogP contribution in [0.1, 0.15) is 51.8 Å². The van der Waals surface area contributed by atoms with E-state index in [0.717, 1.165) is 37.8 Å². The van der Waals surface area contributed by atoms with Crippen LogP contribution >= 0.6 is 0 Å². The first kappa shape index (κ1) is 14.5. The van der Waals surface area contributed by atoms with Crippen molar-refractivity contribution in [1.82, 2.24) is 20.1 Å². The summed E-state index contributed by atoms with van der Waals surface area (Å²) < 4.78 is 2.10. The minimum atomic E-state index is 0.785. The lowest BCUT2D eigenvalue weighted by molar-refractivity contribution is 0.224. The average molecular weight is 264 g/mol. The van der Waals surface area contributed by atoms with E-state index in [2.05, 4.69) is 33.9 Å². The van der Waals surface area contributed by atoms with Crippen LogP contribution in [0.4, 0.5) is 0 Å². The monoisotopic (exact) mass is 264 g/mol. The molecule has 2 unspecified atom stereocenters. The number of aryl methyl sites for hydroxylation is 1. The molecule has 19 heavy (non-hydrogen) atoms. The number of hydrogen-bond donors (Lipinski definition) is 1. The van der Waals surface area contributed by atoms with Crippen molar-refractivity contribution in [3.63, 3.8) is 0 Å². The second-order valence-electron chi connectivity index (χ2n) is 5.72. The molecule has 0 amide bonds. The average Bonchev–Trinajstić information content (AvgIpc) is 2.86. The van der Waals surface area contributed by atoms with Gasteiger partial charge in [0.1, 0.15) is 12.2 Å². The first-order valence-electron chi connectivity index (χ1n) is 7.92. The summed E-state index contributed by atoms with van der Waals surface area (Å²) in [4.78, 5) is 4.48. The summed E-state index contributed by atoms with van der Waals surface area (Å²) in [5.41, 5.74) is 0. The number of rotatable bonds is 7. The normalized spacial score (nSPS) is 23.7. The van der Waals surface area contributed by atoms with Gasteiger partial charge in [-0.3, -0.25) is 4.68 Å². The van der Waals surface area contributed by atoms with E-state index in [1.54, 1.807) is 6.33 Å². The predicted octanol–water partition coefficient (Wildman–Crippen LogP) is 2.65. The molecule has 1 aliphatic carbocycles. The van der Waals surface area contributed by atoms with Crippen molar-refractivity contribution in [3.8, 4) is 0 Å². The molecule has 1 aromatic heterocycles.